The molecule has 0 aromatic heterocycles. The number of aliphatic carboxylic acids is 1. The molecule has 0 amide bonds. The van der Waals surface area contributed by atoms with Crippen LogP contribution in [0.3, 0.4) is 0 Å². The van der Waals surface area contributed by atoms with Crippen molar-refractivity contribution in [2.75, 3.05) is 6.54 Å². The Balaban J connectivity index is 2.04. The number of nitrogens with zero attached hydrogens (tertiary/aromatic N) is 1. The van der Waals surface area contributed by atoms with Crippen molar-refractivity contribution < 1.29 is 9.90 Å². The molecule has 0 saturated carbocycles. The third-order valence-electron chi connectivity index (χ3n) is 1.99. The van der Waals surface area contributed by atoms with Crippen LogP contribution in [0.5, 0.6) is 0 Å². The van der Waals surface area contributed by atoms with Crippen molar-refractivity contribution in [3.63, 3.8) is 0 Å². The highest BCUT2D eigenvalue weighted by Crippen LogP contribution is 2.39. The van der Waals surface area contributed by atoms with Crippen LogP contribution in [0.25, 0.3) is 0 Å². The third kappa shape index (κ3) is 0.314. The highest BCUT2D eigenvalue weighted by atomic mass is 16.4. The van der Waals surface area contributed by atoms with Gasteiger partial charge in [0.25, 0.3) is 0 Å². The van der Waals surface area contributed by atoms with Gasteiger partial charge in [-0.25, -0.2) is 0 Å². The summed E-state index contributed by atoms with van der Waals surface area (Å²) in [5.74, 6) is -0.646. The molecule has 2 fully saturated rings. The van der Waals surface area contributed by atoms with Gasteiger partial charge < -0.3 is 5.11 Å². The van der Waals surface area contributed by atoms with Gasteiger partial charge in [0.1, 0.15) is 6.04 Å². The first kappa shape index (κ1) is 4.32. The minimum Gasteiger partial charge on any atom is -0.480 e. The van der Waals surface area contributed by atoms with Gasteiger partial charge in [0.15, 0.2) is 0 Å². The summed E-state index contributed by atoms with van der Waals surface area (Å²) in [4.78, 5) is 12.2. The van der Waals surface area contributed by atoms with Crippen molar-refractivity contribution in [1.29, 1.82) is 0 Å². The fourth-order valence-electron chi connectivity index (χ4n) is 1.36. The van der Waals surface area contributed by atoms with Crippen LogP contribution in [0.2, 0.25) is 0 Å². The Hall–Kier alpha value is -0.570. The molecule has 0 aliphatic carbocycles. The Labute approximate surface area is 46.9 Å². The van der Waals surface area contributed by atoms with E-state index in [0.717, 1.165) is 13.0 Å². The first-order valence-corrected chi connectivity index (χ1v) is 2.79. The van der Waals surface area contributed by atoms with Crippen LogP contribution < -0.4 is 0 Å². The van der Waals surface area contributed by atoms with Gasteiger partial charge in [-0.2, -0.15) is 0 Å². The minimum absolute atomic E-state index is 0.102. The van der Waals surface area contributed by atoms with Crippen LogP contribution in [-0.2, 0) is 4.79 Å². The Morgan fingerprint density at radius 2 is 2.38 bits per heavy atom. The lowest BCUT2D eigenvalue weighted by molar-refractivity contribution is -0.137. The number of hydrogen-bond donors (Lipinski definition) is 1. The first-order valence-electron chi connectivity index (χ1n) is 2.79. The molecule has 44 valence electrons. The highest BCUT2D eigenvalue weighted by Gasteiger charge is 2.58. The highest BCUT2D eigenvalue weighted by molar-refractivity contribution is 5.79. The average molecular weight is 113 g/mol. The summed E-state index contributed by atoms with van der Waals surface area (Å²) in [5, 5.41) is 8.39. The monoisotopic (exact) mass is 113 g/mol. The van der Waals surface area contributed by atoms with Gasteiger partial charge in [0, 0.05) is 12.6 Å². The van der Waals surface area contributed by atoms with Crippen molar-refractivity contribution in [3.05, 3.63) is 0 Å². The maximum absolute atomic E-state index is 10.2. The van der Waals surface area contributed by atoms with Crippen molar-refractivity contribution in [3.8, 4) is 0 Å². The first-order chi connectivity index (χ1) is 3.80. The van der Waals surface area contributed by atoms with Crippen molar-refractivity contribution in [2.24, 2.45) is 0 Å². The topological polar surface area (TPSA) is 40.3 Å². The van der Waals surface area contributed by atoms with Crippen LogP contribution >= 0.6 is 0 Å². The van der Waals surface area contributed by atoms with E-state index in [-0.39, 0.29) is 6.04 Å². The summed E-state index contributed by atoms with van der Waals surface area (Å²) in [6.45, 7) is 1.00. The molecule has 2 aliphatic rings. The molecule has 2 rings (SSSR count). The molecule has 3 heteroatoms. The van der Waals surface area contributed by atoms with Crippen molar-refractivity contribution in [1.82, 2.24) is 4.90 Å². The molecule has 2 unspecified atom stereocenters. The van der Waals surface area contributed by atoms with E-state index in [1.807, 2.05) is 4.90 Å². The van der Waals surface area contributed by atoms with Crippen LogP contribution in [0, 0.1) is 0 Å². The molecular formula is C5H7NO2. The van der Waals surface area contributed by atoms with Gasteiger partial charge in [-0.1, -0.05) is 0 Å². The van der Waals surface area contributed by atoms with E-state index in [9.17, 15) is 4.79 Å². The zero-order chi connectivity index (χ0) is 5.72. The zero-order valence-electron chi connectivity index (χ0n) is 4.37. The van der Waals surface area contributed by atoms with Crippen LogP contribution in [0.4, 0.5) is 0 Å². The normalized spacial score (nSPS) is 49.2. The fraction of sp³-hybridized carbons (Fsp3) is 0.800. The third-order valence-corrected chi connectivity index (χ3v) is 1.99. The maximum Gasteiger partial charge on any atom is 0.322 e. The molecule has 8 heavy (non-hydrogen) atoms. The largest absolute Gasteiger partial charge is 0.480 e. The summed E-state index contributed by atoms with van der Waals surface area (Å²) in [6, 6.07) is 0.322. The summed E-state index contributed by atoms with van der Waals surface area (Å²) in [6.07, 6.45) is 1.09. The SMILES string of the molecule is O=C(O)[C@@H]1C2CCN21. The van der Waals surface area contributed by atoms with E-state index < -0.39 is 5.97 Å². The molecule has 3 nitrogen and oxygen atoms in total. The predicted molar refractivity (Wildman–Crippen MR) is 26.5 cm³/mol. The average Bonchev–Trinajstić information content (AvgIpc) is 2.07. The van der Waals surface area contributed by atoms with Crippen molar-refractivity contribution >= 4 is 5.97 Å². The van der Waals surface area contributed by atoms with Gasteiger partial charge in [-0.15, -0.1) is 0 Å². The molecule has 0 radical (unpaired) electrons. The van der Waals surface area contributed by atoms with Gasteiger partial charge in [0.2, 0.25) is 0 Å². The van der Waals surface area contributed by atoms with Gasteiger partial charge in [-0.3, -0.25) is 9.69 Å². The summed E-state index contributed by atoms with van der Waals surface area (Å²) in [5.41, 5.74) is 0. The Morgan fingerprint density at radius 3 is 2.50 bits per heavy atom. The van der Waals surface area contributed by atoms with Crippen LogP contribution in [-0.4, -0.2) is 34.6 Å². The second-order valence-electron chi connectivity index (χ2n) is 2.38. The quantitative estimate of drug-likeness (QED) is 0.467. The zero-order valence-corrected chi connectivity index (χ0v) is 4.37. The number of rotatable bonds is 1. The maximum atomic E-state index is 10.2. The fourth-order valence-corrected chi connectivity index (χ4v) is 1.36. The van der Waals surface area contributed by atoms with Gasteiger partial charge in [0.05, 0.1) is 0 Å². The van der Waals surface area contributed by atoms with Crippen molar-refractivity contribution in [2.45, 2.75) is 18.5 Å². The smallest absolute Gasteiger partial charge is 0.322 e. The molecule has 3 atom stereocenters. The van der Waals surface area contributed by atoms with E-state index in [2.05, 4.69) is 0 Å². The Morgan fingerprint density at radius 1 is 1.75 bits per heavy atom. The molecule has 0 spiro atoms. The molecule has 0 aromatic rings. The number of carboxylic acid groups (broad SMARTS) is 1. The summed E-state index contributed by atoms with van der Waals surface area (Å²) >= 11 is 0. The molecule has 2 heterocycles. The van der Waals surface area contributed by atoms with E-state index in [1.165, 1.54) is 0 Å². The predicted octanol–water partition coefficient (Wildman–Crippen LogP) is -0.472. The van der Waals surface area contributed by atoms with E-state index in [4.69, 9.17) is 5.11 Å². The Bertz CT molecular complexity index is 135. The molecule has 0 aromatic carbocycles. The van der Waals surface area contributed by atoms with E-state index >= 15 is 0 Å². The molecule has 2 saturated heterocycles. The number of carbonyl (C=O) groups is 1. The number of fused-ring (bicyclic) bond motifs is 1. The van der Waals surface area contributed by atoms with Crippen LogP contribution in [0.1, 0.15) is 6.42 Å². The summed E-state index contributed by atoms with van der Waals surface area (Å²) in [7, 11) is 0. The molecule has 2 aliphatic heterocycles. The van der Waals surface area contributed by atoms with Gasteiger partial charge >= 0.3 is 5.97 Å². The van der Waals surface area contributed by atoms with Gasteiger partial charge in [-0.05, 0) is 6.42 Å². The van der Waals surface area contributed by atoms with E-state index in [1.54, 1.807) is 0 Å². The van der Waals surface area contributed by atoms with Crippen LogP contribution in [0.15, 0.2) is 0 Å². The lowest BCUT2D eigenvalue weighted by atomic mass is 10.2. The minimum atomic E-state index is -0.646. The van der Waals surface area contributed by atoms with E-state index in [0.29, 0.717) is 6.04 Å². The lowest BCUT2D eigenvalue weighted by Crippen LogP contribution is -2.16. The molecule has 1 N–H and O–H groups in total. The molecular weight excluding hydrogens is 106 g/mol. The molecule has 0 bridgehead atoms. The summed E-state index contributed by atoms with van der Waals surface area (Å²) < 4.78 is 0. The second-order valence-corrected chi connectivity index (χ2v) is 2.38. The Kier molecular flexibility index (Phi) is 0.568. The second kappa shape index (κ2) is 1.05. The number of hydrogen-bond acceptors (Lipinski definition) is 2. The lowest BCUT2D eigenvalue weighted by Gasteiger charge is -2.08. The number of carboxylic acids is 1. The standard InChI is InChI=1S/C5H7NO2/c7-5(8)4-3-1-2-6(3)4/h3-4H,1-2H2,(H,7,8)/t3?,4-,6?/m0/s1.